The molecule has 0 saturated carbocycles. The van der Waals surface area contributed by atoms with Crippen molar-refractivity contribution in [2.24, 2.45) is 0 Å². The Morgan fingerprint density at radius 3 is 2.20 bits per heavy atom. The molecule has 20 heavy (non-hydrogen) atoms. The summed E-state index contributed by atoms with van der Waals surface area (Å²) in [5.41, 5.74) is 0.298. The summed E-state index contributed by atoms with van der Waals surface area (Å²) < 4.78 is 25.5. The van der Waals surface area contributed by atoms with Gasteiger partial charge in [0.2, 0.25) is 0 Å². The predicted molar refractivity (Wildman–Crippen MR) is 72.7 cm³/mol. The van der Waals surface area contributed by atoms with Crippen LogP contribution in [0.4, 0.5) is 0 Å². The molecule has 0 fully saturated rings. The second kappa shape index (κ2) is 9.43. The summed E-state index contributed by atoms with van der Waals surface area (Å²) in [6.45, 7) is 8.34. The Labute approximate surface area is 119 Å². The first kappa shape index (κ1) is 18.5. The molecule has 8 heteroatoms. The van der Waals surface area contributed by atoms with Crippen molar-refractivity contribution in [2.75, 3.05) is 33.7 Å². The molecule has 7 nitrogen and oxygen atoms in total. The number of ether oxygens (including phenoxy) is 2. The third-order valence-corrected chi connectivity index (χ3v) is 4.55. The van der Waals surface area contributed by atoms with E-state index in [4.69, 9.17) is 22.8 Å². The van der Waals surface area contributed by atoms with E-state index in [1.165, 1.54) is 14.2 Å². The molecule has 0 aliphatic heterocycles. The van der Waals surface area contributed by atoms with E-state index in [-0.39, 0.29) is 19.4 Å². The highest BCUT2D eigenvalue weighted by atomic mass is 28.4. The van der Waals surface area contributed by atoms with E-state index in [0.29, 0.717) is 5.57 Å². The lowest BCUT2D eigenvalue weighted by molar-refractivity contribution is -0.140. The Hall–Kier alpha value is -1.48. The minimum Gasteiger partial charge on any atom is -0.460 e. The second-order valence-electron chi connectivity index (χ2n) is 3.67. The van der Waals surface area contributed by atoms with Crippen molar-refractivity contribution in [1.29, 1.82) is 0 Å². The van der Waals surface area contributed by atoms with E-state index in [2.05, 4.69) is 13.2 Å². The smallest absolute Gasteiger partial charge is 0.460 e. The van der Waals surface area contributed by atoms with Crippen LogP contribution in [0.3, 0.4) is 0 Å². The first-order valence-electron chi connectivity index (χ1n) is 5.77. The molecule has 0 bridgehead atoms. The zero-order valence-corrected chi connectivity index (χ0v) is 13.0. The van der Waals surface area contributed by atoms with Gasteiger partial charge in [0.25, 0.3) is 0 Å². The summed E-state index contributed by atoms with van der Waals surface area (Å²) in [6.07, 6.45) is 0.873. The largest absolute Gasteiger partial charge is 0.540 e. The van der Waals surface area contributed by atoms with E-state index in [9.17, 15) is 9.59 Å². The third kappa shape index (κ3) is 6.62. The zero-order chi connectivity index (χ0) is 15.6. The summed E-state index contributed by atoms with van der Waals surface area (Å²) in [7, 11) is -0.354. The van der Waals surface area contributed by atoms with Crippen LogP contribution in [0.2, 0.25) is 0 Å². The predicted octanol–water partition coefficient (Wildman–Crippen LogP) is 0.622. The highest BCUT2D eigenvalue weighted by Gasteiger charge is 2.41. The topological polar surface area (TPSA) is 80.3 Å². The van der Waals surface area contributed by atoms with Gasteiger partial charge in [-0.1, -0.05) is 13.2 Å². The molecule has 0 aliphatic rings. The zero-order valence-electron chi connectivity index (χ0n) is 12.0. The Balaban J connectivity index is 4.25. The molecule has 0 heterocycles. The van der Waals surface area contributed by atoms with Crippen LogP contribution in [-0.2, 0) is 32.3 Å². The van der Waals surface area contributed by atoms with Gasteiger partial charge in [-0.05, 0) is 6.92 Å². The van der Waals surface area contributed by atoms with Gasteiger partial charge in [-0.2, -0.15) is 0 Å². The number of carbonyl (C=O) groups excluding carboxylic acids is 2. The lowest BCUT2D eigenvalue weighted by Gasteiger charge is -2.25. The summed E-state index contributed by atoms with van der Waals surface area (Å²) >= 11 is 0. The number of esters is 2. The molecule has 0 amide bonds. The van der Waals surface area contributed by atoms with Crippen LogP contribution in [0.1, 0.15) is 6.92 Å². The molecule has 0 radical (unpaired) electrons. The van der Waals surface area contributed by atoms with Crippen molar-refractivity contribution in [2.45, 2.75) is 6.92 Å². The fourth-order valence-electron chi connectivity index (χ4n) is 1.03. The maximum absolute atomic E-state index is 11.2. The lowest BCUT2D eigenvalue weighted by atomic mass is 10.4. The summed E-state index contributed by atoms with van der Waals surface area (Å²) in [5, 5.41) is 0. The Bertz CT molecular complexity index is 363. The van der Waals surface area contributed by atoms with Gasteiger partial charge in [0.05, 0.1) is 6.61 Å². The SMILES string of the molecule is C=CC(=O)OC[Si](OC)(OC)OCCOC(=O)C(=C)C. The van der Waals surface area contributed by atoms with E-state index in [1.54, 1.807) is 6.92 Å². The van der Waals surface area contributed by atoms with Crippen LogP contribution >= 0.6 is 0 Å². The van der Waals surface area contributed by atoms with Gasteiger partial charge in [0, 0.05) is 25.9 Å². The molecule has 0 spiro atoms. The fraction of sp³-hybridized carbons (Fsp3) is 0.500. The molecule has 0 aromatic rings. The first-order chi connectivity index (χ1) is 9.40. The minimum atomic E-state index is -3.13. The number of hydrogen-bond donors (Lipinski definition) is 0. The van der Waals surface area contributed by atoms with Crippen LogP contribution in [0.15, 0.2) is 24.8 Å². The summed E-state index contributed by atoms with van der Waals surface area (Å²) in [5.74, 6) is -1.11. The molecule has 0 aliphatic carbocycles. The van der Waals surface area contributed by atoms with Crippen molar-refractivity contribution in [3.8, 4) is 0 Å². The van der Waals surface area contributed by atoms with Gasteiger partial charge in [0.1, 0.15) is 6.61 Å². The molecule has 0 aromatic carbocycles. The molecule has 0 atom stereocenters. The molecule has 0 saturated heterocycles. The molecule has 114 valence electrons. The second-order valence-corrected chi connectivity index (χ2v) is 6.43. The quantitative estimate of drug-likeness (QED) is 0.253. The van der Waals surface area contributed by atoms with Gasteiger partial charge >= 0.3 is 20.7 Å². The molecule has 0 N–H and O–H groups in total. The average Bonchev–Trinajstić information content (AvgIpc) is 2.46. The highest BCUT2D eigenvalue weighted by Crippen LogP contribution is 2.08. The van der Waals surface area contributed by atoms with Crippen LogP contribution in [0, 0.1) is 0 Å². The monoisotopic (exact) mass is 304 g/mol. The standard InChI is InChI=1S/C12H20O7Si/c1-6-11(13)18-9-20(15-4,16-5)19-8-7-17-12(14)10(2)3/h6H,1-2,7-9H2,3-5H3. The van der Waals surface area contributed by atoms with Gasteiger partial charge in [-0.3, -0.25) is 0 Å². The number of hydrogen-bond acceptors (Lipinski definition) is 7. The van der Waals surface area contributed by atoms with Gasteiger partial charge in [-0.15, -0.1) is 0 Å². The van der Waals surface area contributed by atoms with E-state index in [0.717, 1.165) is 6.08 Å². The van der Waals surface area contributed by atoms with Crippen LogP contribution < -0.4 is 0 Å². The molecule has 0 rings (SSSR count). The highest BCUT2D eigenvalue weighted by molar-refractivity contribution is 6.60. The first-order valence-corrected chi connectivity index (χ1v) is 7.70. The molecule has 0 aromatic heterocycles. The normalized spacial score (nSPS) is 10.8. The number of rotatable bonds is 10. The lowest BCUT2D eigenvalue weighted by Crippen LogP contribution is -2.50. The van der Waals surface area contributed by atoms with Crippen molar-refractivity contribution in [1.82, 2.24) is 0 Å². The minimum absolute atomic E-state index is 0.0164. The Morgan fingerprint density at radius 2 is 1.75 bits per heavy atom. The van der Waals surface area contributed by atoms with E-state index < -0.39 is 20.7 Å². The van der Waals surface area contributed by atoms with Crippen molar-refractivity contribution >= 4 is 20.7 Å². The van der Waals surface area contributed by atoms with E-state index >= 15 is 0 Å². The van der Waals surface area contributed by atoms with E-state index in [1.807, 2.05) is 0 Å². The third-order valence-electron chi connectivity index (χ3n) is 2.17. The number of carbonyl (C=O) groups is 2. The summed E-state index contributed by atoms with van der Waals surface area (Å²) in [4.78, 5) is 22.2. The maximum atomic E-state index is 11.2. The van der Waals surface area contributed by atoms with Gasteiger partial charge < -0.3 is 22.8 Å². The maximum Gasteiger partial charge on any atom is 0.540 e. The molecular weight excluding hydrogens is 284 g/mol. The van der Waals surface area contributed by atoms with Crippen LogP contribution in [0.25, 0.3) is 0 Å². The fourth-order valence-corrected chi connectivity index (χ4v) is 2.47. The van der Waals surface area contributed by atoms with Crippen molar-refractivity contribution < 1.29 is 32.3 Å². The van der Waals surface area contributed by atoms with Gasteiger partial charge in [0.15, 0.2) is 6.23 Å². The molecular formula is C12H20O7Si. The average molecular weight is 304 g/mol. The Morgan fingerprint density at radius 1 is 1.15 bits per heavy atom. The van der Waals surface area contributed by atoms with Crippen LogP contribution in [0.5, 0.6) is 0 Å². The van der Waals surface area contributed by atoms with Crippen molar-refractivity contribution in [3.05, 3.63) is 24.8 Å². The van der Waals surface area contributed by atoms with Crippen molar-refractivity contribution in [3.63, 3.8) is 0 Å². The summed E-state index contributed by atoms with van der Waals surface area (Å²) in [6, 6.07) is 0. The Kier molecular flexibility index (Phi) is 8.73. The molecule has 0 unspecified atom stereocenters. The van der Waals surface area contributed by atoms with Crippen LogP contribution in [-0.4, -0.2) is 54.4 Å². The van der Waals surface area contributed by atoms with Gasteiger partial charge in [-0.25, -0.2) is 9.59 Å².